The van der Waals surface area contributed by atoms with E-state index >= 15 is 0 Å². The molecular weight excluding hydrogens is 396 g/mol. The summed E-state index contributed by atoms with van der Waals surface area (Å²) in [4.78, 5) is 15.5. The van der Waals surface area contributed by atoms with Crippen LogP contribution in [0.15, 0.2) is 48.5 Å². The molecule has 0 unspecified atom stereocenters. The topological polar surface area (TPSA) is 34.5 Å². The van der Waals surface area contributed by atoms with Crippen molar-refractivity contribution in [2.45, 2.75) is 45.3 Å². The summed E-state index contributed by atoms with van der Waals surface area (Å²) < 4.78 is 8.24. The average molecular weight is 423 g/mol. The monoisotopic (exact) mass is 422 g/mol. The number of carbonyl (C=O) groups excluding carboxylic acids is 1. The van der Waals surface area contributed by atoms with Crippen molar-refractivity contribution in [1.29, 1.82) is 0 Å². The minimum atomic E-state index is 0.0810. The number of piperidine rings is 1. The van der Waals surface area contributed by atoms with Gasteiger partial charge >= 0.3 is 0 Å². The third-order valence-electron chi connectivity index (χ3n) is 6.59. The van der Waals surface area contributed by atoms with Crippen LogP contribution < -0.4 is 4.74 Å². The van der Waals surface area contributed by atoms with Crippen LogP contribution in [0.2, 0.25) is 5.02 Å². The largest absolute Gasteiger partial charge is 0.486 e. The van der Waals surface area contributed by atoms with Gasteiger partial charge in [-0.25, -0.2) is 0 Å². The number of nitrogens with zero attached hydrogens (tertiary/aromatic N) is 2. The molecule has 5 rings (SSSR count). The maximum absolute atomic E-state index is 13.5. The number of halogens is 1. The number of likely N-dealkylation sites (tertiary alicyclic amines) is 1. The number of ether oxygens (including phenoxy) is 1. The zero-order chi connectivity index (χ0) is 20.7. The van der Waals surface area contributed by atoms with Crippen LogP contribution in [0, 0.1) is 5.92 Å². The highest BCUT2D eigenvalue weighted by molar-refractivity contribution is 6.36. The highest BCUT2D eigenvalue weighted by Gasteiger charge is 2.30. The molecule has 3 aromatic rings. The fraction of sp³-hybridized carbons (Fsp3) is 0.400. The SMILES string of the molecule is CC[C@H]1Cn2c(C(=O)N3CCC(Cc4ccccc4)CC3)cc3c(Cl)ccc(c32)O1. The fourth-order valence-corrected chi connectivity index (χ4v) is 5.07. The van der Waals surface area contributed by atoms with E-state index in [9.17, 15) is 4.79 Å². The number of hydrogen-bond donors (Lipinski definition) is 0. The minimum Gasteiger partial charge on any atom is -0.486 e. The molecular formula is C25H27ClN2O2. The van der Waals surface area contributed by atoms with Crippen LogP contribution in [0.4, 0.5) is 0 Å². The molecule has 0 bridgehead atoms. The van der Waals surface area contributed by atoms with E-state index in [4.69, 9.17) is 16.3 Å². The first-order chi connectivity index (χ1) is 14.6. The Morgan fingerprint density at radius 3 is 2.63 bits per heavy atom. The molecule has 0 saturated carbocycles. The molecule has 2 aromatic carbocycles. The molecule has 30 heavy (non-hydrogen) atoms. The second-order valence-electron chi connectivity index (χ2n) is 8.52. The Bertz CT molecular complexity index is 1070. The molecule has 1 aromatic heterocycles. The lowest BCUT2D eigenvalue weighted by atomic mass is 9.90. The van der Waals surface area contributed by atoms with Gasteiger partial charge in [0.25, 0.3) is 5.91 Å². The number of carbonyl (C=O) groups is 1. The number of amides is 1. The van der Waals surface area contributed by atoms with Crippen LogP contribution in [0.1, 0.15) is 42.2 Å². The van der Waals surface area contributed by atoms with E-state index in [2.05, 4.69) is 41.8 Å². The lowest BCUT2D eigenvalue weighted by Gasteiger charge is -2.33. The summed E-state index contributed by atoms with van der Waals surface area (Å²) in [6.07, 6.45) is 4.18. The molecule has 0 radical (unpaired) electrons. The Kier molecular flexibility index (Phi) is 5.20. The standard InChI is InChI=1S/C25H27ClN2O2/c1-2-19-16-28-22(15-20-21(26)8-9-23(30-19)24(20)28)25(29)27-12-10-18(11-13-27)14-17-6-4-3-5-7-17/h3-9,15,18-19H,2,10-14,16H2,1H3/t19-/m0/s1. The van der Waals surface area contributed by atoms with Crippen molar-refractivity contribution in [1.82, 2.24) is 9.47 Å². The molecule has 3 heterocycles. The number of benzene rings is 2. The second kappa shape index (κ2) is 7.99. The summed E-state index contributed by atoms with van der Waals surface area (Å²) in [5, 5.41) is 1.58. The molecule has 156 valence electrons. The van der Waals surface area contributed by atoms with Gasteiger partial charge < -0.3 is 14.2 Å². The highest BCUT2D eigenvalue weighted by Crippen LogP contribution is 2.38. The Hall–Kier alpha value is -2.46. The quantitative estimate of drug-likeness (QED) is 0.551. The van der Waals surface area contributed by atoms with Crippen molar-refractivity contribution >= 4 is 28.4 Å². The molecule has 0 N–H and O–H groups in total. The number of aromatic nitrogens is 1. The van der Waals surface area contributed by atoms with Gasteiger partial charge in [-0.05, 0) is 55.4 Å². The Morgan fingerprint density at radius 1 is 1.13 bits per heavy atom. The van der Waals surface area contributed by atoms with Gasteiger partial charge in [0.2, 0.25) is 0 Å². The second-order valence-corrected chi connectivity index (χ2v) is 8.93. The average Bonchev–Trinajstić information content (AvgIpc) is 3.18. The van der Waals surface area contributed by atoms with Gasteiger partial charge in [-0.15, -0.1) is 0 Å². The predicted octanol–water partition coefficient (Wildman–Crippen LogP) is 5.56. The van der Waals surface area contributed by atoms with Gasteiger partial charge in [-0.1, -0.05) is 48.9 Å². The normalized spacial score (nSPS) is 19.1. The summed E-state index contributed by atoms with van der Waals surface area (Å²) >= 11 is 6.46. The zero-order valence-electron chi connectivity index (χ0n) is 17.3. The van der Waals surface area contributed by atoms with Crippen molar-refractivity contribution in [3.8, 4) is 5.75 Å². The van der Waals surface area contributed by atoms with Crippen molar-refractivity contribution < 1.29 is 9.53 Å². The third kappa shape index (κ3) is 3.47. The molecule has 5 heteroatoms. The number of hydrogen-bond acceptors (Lipinski definition) is 2. The van der Waals surface area contributed by atoms with Crippen LogP contribution in [0.25, 0.3) is 10.9 Å². The Balaban J connectivity index is 1.36. The van der Waals surface area contributed by atoms with E-state index < -0.39 is 0 Å². The minimum absolute atomic E-state index is 0.0810. The Labute approximate surface area is 182 Å². The van der Waals surface area contributed by atoms with Crippen LogP contribution in [0.5, 0.6) is 5.75 Å². The third-order valence-corrected chi connectivity index (χ3v) is 6.92. The molecule has 1 amide bonds. The molecule has 2 aliphatic rings. The smallest absolute Gasteiger partial charge is 0.270 e. The van der Waals surface area contributed by atoms with Crippen molar-refractivity contribution in [3.63, 3.8) is 0 Å². The first kappa shape index (κ1) is 19.5. The lowest BCUT2D eigenvalue weighted by Crippen LogP contribution is -2.40. The molecule has 4 nitrogen and oxygen atoms in total. The molecule has 2 aliphatic heterocycles. The van der Waals surface area contributed by atoms with E-state index in [0.717, 1.165) is 61.1 Å². The van der Waals surface area contributed by atoms with E-state index in [-0.39, 0.29) is 12.0 Å². The van der Waals surface area contributed by atoms with Gasteiger partial charge in [0.1, 0.15) is 17.5 Å². The first-order valence-corrected chi connectivity index (χ1v) is 11.3. The van der Waals surface area contributed by atoms with Crippen LogP contribution >= 0.6 is 11.6 Å². The van der Waals surface area contributed by atoms with E-state index in [1.54, 1.807) is 0 Å². The van der Waals surface area contributed by atoms with Crippen molar-refractivity contribution in [2.24, 2.45) is 5.92 Å². The summed E-state index contributed by atoms with van der Waals surface area (Å²) in [5.74, 6) is 1.58. The summed E-state index contributed by atoms with van der Waals surface area (Å²) in [6, 6.07) is 16.4. The Morgan fingerprint density at radius 2 is 1.90 bits per heavy atom. The van der Waals surface area contributed by atoms with Gasteiger partial charge in [0.05, 0.1) is 17.1 Å². The highest BCUT2D eigenvalue weighted by atomic mass is 35.5. The van der Waals surface area contributed by atoms with E-state index in [1.807, 2.05) is 23.1 Å². The van der Waals surface area contributed by atoms with Crippen molar-refractivity contribution in [3.05, 3.63) is 64.8 Å². The van der Waals surface area contributed by atoms with E-state index in [1.165, 1.54) is 5.56 Å². The predicted molar refractivity (Wildman–Crippen MR) is 120 cm³/mol. The maximum Gasteiger partial charge on any atom is 0.270 e. The summed E-state index contributed by atoms with van der Waals surface area (Å²) in [6.45, 7) is 4.43. The first-order valence-electron chi connectivity index (χ1n) is 11.0. The summed E-state index contributed by atoms with van der Waals surface area (Å²) in [5.41, 5.74) is 3.08. The van der Waals surface area contributed by atoms with E-state index in [0.29, 0.717) is 17.5 Å². The van der Waals surface area contributed by atoms with Crippen LogP contribution in [-0.2, 0) is 13.0 Å². The number of rotatable bonds is 4. The van der Waals surface area contributed by atoms with Crippen LogP contribution in [-0.4, -0.2) is 34.6 Å². The molecule has 0 aliphatic carbocycles. The maximum atomic E-state index is 13.5. The van der Waals surface area contributed by atoms with Gasteiger partial charge in [-0.2, -0.15) is 0 Å². The van der Waals surface area contributed by atoms with Gasteiger partial charge in [0, 0.05) is 18.5 Å². The summed E-state index contributed by atoms with van der Waals surface area (Å²) in [7, 11) is 0. The molecule has 1 atom stereocenters. The van der Waals surface area contributed by atoms with Gasteiger partial charge in [-0.3, -0.25) is 4.79 Å². The van der Waals surface area contributed by atoms with Crippen molar-refractivity contribution in [2.75, 3.05) is 13.1 Å². The molecule has 1 saturated heterocycles. The van der Waals surface area contributed by atoms with Crippen LogP contribution in [0.3, 0.4) is 0 Å². The molecule has 0 spiro atoms. The lowest BCUT2D eigenvalue weighted by molar-refractivity contribution is 0.0674. The zero-order valence-corrected chi connectivity index (χ0v) is 18.1. The molecule has 1 fully saturated rings. The fourth-order valence-electron chi connectivity index (χ4n) is 4.86. The van der Waals surface area contributed by atoms with Gasteiger partial charge in [0.15, 0.2) is 0 Å².